The van der Waals surface area contributed by atoms with E-state index < -0.39 is 59.7 Å². The van der Waals surface area contributed by atoms with Crippen LogP contribution in [0.2, 0.25) is 0 Å². The zero-order valence-corrected chi connectivity index (χ0v) is 25.5. The van der Waals surface area contributed by atoms with E-state index in [9.17, 15) is 29.1 Å². The molecule has 242 valence electrons. The summed E-state index contributed by atoms with van der Waals surface area (Å²) < 4.78 is 0. The number of hydrogen-bond donors (Lipinski definition) is 7. The molecule has 12 nitrogen and oxygen atoms in total. The first-order valence-electron chi connectivity index (χ1n) is 14.4. The Balaban J connectivity index is 5.38. The molecule has 0 bridgehead atoms. The Morgan fingerprint density at radius 3 is 2.23 bits per heavy atom. The molecule has 0 radical (unpaired) electrons. The molecular weight excluding hydrogens is 578 g/mol. The van der Waals surface area contributed by atoms with E-state index in [2.05, 4.69) is 29.7 Å². The molecule has 0 spiro atoms. The average Bonchev–Trinajstić information content (AvgIpc) is 2.95. The van der Waals surface area contributed by atoms with Crippen molar-refractivity contribution in [3.05, 3.63) is 48.6 Å². The number of unbranched alkanes of at least 4 members (excludes halogenated alkanes) is 3. The fourth-order valence-corrected chi connectivity index (χ4v) is 4.75. The SMILES string of the molecule is CCCCC/C=C/C/C=C/C=C/C=C/[C@@H](SCC(NC(=O)CCC(N)C(=O)O)C(=O)NCC(=O)O)[C@@H](O)CCCC(=O)O. The van der Waals surface area contributed by atoms with E-state index in [4.69, 9.17) is 21.1 Å². The highest BCUT2D eigenvalue weighted by molar-refractivity contribution is 8.00. The number of aliphatic hydroxyl groups excluding tert-OH is 1. The number of carboxylic acids is 3. The van der Waals surface area contributed by atoms with Crippen LogP contribution in [0.15, 0.2) is 48.6 Å². The molecule has 0 aliphatic rings. The van der Waals surface area contributed by atoms with Crippen LogP contribution < -0.4 is 16.4 Å². The average molecular weight is 626 g/mol. The van der Waals surface area contributed by atoms with Crippen LogP contribution >= 0.6 is 11.8 Å². The highest BCUT2D eigenvalue weighted by atomic mass is 32.2. The van der Waals surface area contributed by atoms with E-state index in [0.717, 1.165) is 24.6 Å². The molecule has 0 aromatic carbocycles. The maximum atomic E-state index is 12.6. The smallest absolute Gasteiger partial charge is 0.322 e. The molecule has 0 saturated carbocycles. The minimum absolute atomic E-state index is 0.0542. The van der Waals surface area contributed by atoms with E-state index in [1.165, 1.54) is 19.3 Å². The van der Waals surface area contributed by atoms with Gasteiger partial charge in [-0.2, -0.15) is 0 Å². The fraction of sp³-hybridized carbons (Fsp3) is 0.567. The van der Waals surface area contributed by atoms with Crippen molar-refractivity contribution in [2.75, 3.05) is 12.3 Å². The van der Waals surface area contributed by atoms with Crippen LogP contribution in [0.4, 0.5) is 0 Å². The van der Waals surface area contributed by atoms with Gasteiger partial charge < -0.3 is 36.8 Å². The predicted octanol–water partition coefficient (Wildman–Crippen LogP) is 2.78. The Bertz CT molecular complexity index is 982. The molecule has 0 aliphatic carbocycles. The summed E-state index contributed by atoms with van der Waals surface area (Å²) in [6.45, 7) is 1.49. The molecule has 0 aromatic heterocycles. The topological polar surface area (TPSA) is 216 Å². The van der Waals surface area contributed by atoms with Gasteiger partial charge in [-0.1, -0.05) is 68.4 Å². The normalized spacial score (nSPS) is 14.7. The number of carbonyl (C=O) groups is 5. The number of aliphatic hydroxyl groups is 1. The zero-order chi connectivity index (χ0) is 32.5. The first kappa shape index (κ1) is 39.6. The van der Waals surface area contributed by atoms with Gasteiger partial charge in [0, 0.05) is 23.8 Å². The lowest BCUT2D eigenvalue weighted by atomic mass is 10.1. The van der Waals surface area contributed by atoms with Crippen LogP contribution in [0.25, 0.3) is 0 Å². The van der Waals surface area contributed by atoms with Crippen LogP contribution in [-0.4, -0.2) is 85.9 Å². The quantitative estimate of drug-likeness (QED) is 0.0444. The zero-order valence-electron chi connectivity index (χ0n) is 24.7. The highest BCUT2D eigenvalue weighted by Gasteiger charge is 2.25. The van der Waals surface area contributed by atoms with Crippen LogP contribution in [0.3, 0.4) is 0 Å². The number of nitrogens with one attached hydrogen (secondary N) is 2. The van der Waals surface area contributed by atoms with Crippen LogP contribution in [0, 0.1) is 0 Å². The highest BCUT2D eigenvalue weighted by Crippen LogP contribution is 2.22. The summed E-state index contributed by atoms with van der Waals surface area (Å²) in [7, 11) is 0. The number of allylic oxidation sites excluding steroid dienone is 7. The van der Waals surface area contributed by atoms with E-state index in [1.54, 1.807) is 18.2 Å². The van der Waals surface area contributed by atoms with E-state index in [1.807, 2.05) is 18.2 Å². The molecule has 0 saturated heterocycles. The van der Waals surface area contributed by atoms with Crippen molar-refractivity contribution in [3.8, 4) is 0 Å². The number of carboxylic acid groups (broad SMARTS) is 3. The van der Waals surface area contributed by atoms with Gasteiger partial charge in [0.15, 0.2) is 0 Å². The van der Waals surface area contributed by atoms with Gasteiger partial charge in [-0.25, -0.2) is 0 Å². The fourth-order valence-electron chi connectivity index (χ4n) is 3.54. The van der Waals surface area contributed by atoms with Gasteiger partial charge >= 0.3 is 17.9 Å². The monoisotopic (exact) mass is 625 g/mol. The Kier molecular flexibility index (Phi) is 23.1. The second-order valence-electron chi connectivity index (χ2n) is 9.77. The summed E-state index contributed by atoms with van der Waals surface area (Å²) in [6, 6.07) is -2.45. The molecule has 0 heterocycles. The summed E-state index contributed by atoms with van der Waals surface area (Å²) in [5.41, 5.74) is 5.43. The van der Waals surface area contributed by atoms with Crippen molar-refractivity contribution in [1.82, 2.24) is 10.6 Å². The lowest BCUT2D eigenvalue weighted by Crippen LogP contribution is -2.50. The summed E-state index contributed by atoms with van der Waals surface area (Å²) >= 11 is 1.13. The Morgan fingerprint density at radius 1 is 0.860 bits per heavy atom. The molecule has 2 unspecified atom stereocenters. The van der Waals surface area contributed by atoms with Crippen molar-refractivity contribution in [2.24, 2.45) is 5.73 Å². The first-order valence-corrected chi connectivity index (χ1v) is 15.5. The largest absolute Gasteiger partial charge is 0.481 e. The third-order valence-corrected chi connectivity index (χ3v) is 7.36. The Labute approximate surface area is 257 Å². The van der Waals surface area contributed by atoms with Crippen molar-refractivity contribution < 1.29 is 44.4 Å². The maximum absolute atomic E-state index is 12.6. The number of rotatable bonds is 25. The minimum Gasteiger partial charge on any atom is -0.481 e. The number of aliphatic carboxylic acids is 3. The van der Waals surface area contributed by atoms with Crippen molar-refractivity contribution >= 4 is 41.5 Å². The van der Waals surface area contributed by atoms with Gasteiger partial charge in [-0.15, -0.1) is 11.8 Å². The van der Waals surface area contributed by atoms with Gasteiger partial charge in [0.05, 0.1) is 6.10 Å². The second-order valence-corrected chi connectivity index (χ2v) is 11.0. The molecule has 13 heteroatoms. The van der Waals surface area contributed by atoms with Gasteiger partial charge in [0.25, 0.3) is 0 Å². The Hall–Kier alpha value is -3.42. The van der Waals surface area contributed by atoms with Gasteiger partial charge in [0.1, 0.15) is 18.6 Å². The van der Waals surface area contributed by atoms with Crippen LogP contribution in [-0.2, 0) is 24.0 Å². The van der Waals surface area contributed by atoms with Gasteiger partial charge in [0.2, 0.25) is 11.8 Å². The molecule has 8 N–H and O–H groups in total. The molecule has 43 heavy (non-hydrogen) atoms. The summed E-state index contributed by atoms with van der Waals surface area (Å²) in [5, 5.41) is 41.6. The van der Waals surface area contributed by atoms with Crippen molar-refractivity contribution in [3.63, 3.8) is 0 Å². The lowest BCUT2D eigenvalue weighted by molar-refractivity contribution is -0.139. The predicted molar refractivity (Wildman–Crippen MR) is 166 cm³/mol. The van der Waals surface area contributed by atoms with Crippen LogP contribution in [0.5, 0.6) is 0 Å². The molecule has 2 amide bonds. The summed E-state index contributed by atoms with van der Waals surface area (Å²) in [5.74, 6) is -5.01. The van der Waals surface area contributed by atoms with Gasteiger partial charge in [-0.05, 0) is 38.5 Å². The number of carbonyl (C=O) groups excluding carboxylic acids is 2. The van der Waals surface area contributed by atoms with Crippen LogP contribution in [0.1, 0.15) is 71.1 Å². The number of amides is 2. The molecule has 4 atom stereocenters. The number of thioether (sulfide) groups is 1. The summed E-state index contributed by atoms with van der Waals surface area (Å²) in [4.78, 5) is 57.8. The van der Waals surface area contributed by atoms with Crippen molar-refractivity contribution in [2.45, 2.75) is 94.6 Å². The molecule has 0 aliphatic heterocycles. The third kappa shape index (κ3) is 22.8. The van der Waals surface area contributed by atoms with E-state index >= 15 is 0 Å². The maximum Gasteiger partial charge on any atom is 0.322 e. The lowest BCUT2D eigenvalue weighted by Gasteiger charge is -2.23. The minimum atomic E-state index is -1.28. The van der Waals surface area contributed by atoms with Gasteiger partial charge in [-0.3, -0.25) is 24.0 Å². The molecule has 0 aromatic rings. The number of nitrogens with two attached hydrogens (primary N) is 1. The first-order chi connectivity index (χ1) is 20.5. The molecule has 0 fully saturated rings. The van der Waals surface area contributed by atoms with E-state index in [0.29, 0.717) is 0 Å². The molecule has 0 rings (SSSR count). The third-order valence-electron chi connectivity index (χ3n) is 5.97. The molecular formula is C30H47N3O9S. The number of hydrogen-bond acceptors (Lipinski definition) is 8. The van der Waals surface area contributed by atoms with E-state index in [-0.39, 0.29) is 37.9 Å². The second kappa shape index (κ2) is 25.1. The Morgan fingerprint density at radius 2 is 1.58 bits per heavy atom. The standard InChI is InChI=1S/C30H47N3O9S/c1-2-3-4-5-6-7-8-9-10-11-12-13-16-25(24(34)15-14-17-27(36)37)43-21-23(29(40)32-20-28(38)39)33-26(35)19-18-22(31)30(41)42/h6-7,9-13,16,22-25,34H,2-5,8,14-15,17-21,31H2,1H3,(H,32,40)(H,33,35)(H,36,37)(H,38,39)(H,41,42)/b7-6+,10-9+,12-11+,16-13+/t22?,23?,24-,25+/m0/s1. The van der Waals surface area contributed by atoms with Crippen molar-refractivity contribution in [1.29, 1.82) is 0 Å². The summed E-state index contributed by atoms with van der Waals surface area (Å²) in [6.07, 6.45) is 19.5.